The lowest BCUT2D eigenvalue weighted by molar-refractivity contribution is -0.161. The fraction of sp³-hybridized carbons (Fsp3) is 0.583. The molecule has 0 unspecified atom stereocenters. The van der Waals surface area contributed by atoms with E-state index in [9.17, 15) is 4.79 Å². The van der Waals surface area contributed by atoms with Crippen molar-refractivity contribution in [2.45, 2.75) is 71.9 Å². The van der Waals surface area contributed by atoms with Crippen molar-refractivity contribution in [3.8, 4) is 11.3 Å². The first-order valence-electron chi connectivity index (χ1n) is 10.8. The highest BCUT2D eigenvalue weighted by atomic mass is 127. The highest BCUT2D eigenvalue weighted by Gasteiger charge is 2.34. The van der Waals surface area contributed by atoms with Crippen LogP contribution < -0.4 is 0 Å². The fourth-order valence-electron chi connectivity index (χ4n) is 4.15. The van der Waals surface area contributed by atoms with Gasteiger partial charge in [0.25, 0.3) is 0 Å². The van der Waals surface area contributed by atoms with Gasteiger partial charge >= 0.3 is 5.97 Å². The molecule has 3 rings (SSSR count). The van der Waals surface area contributed by atoms with Gasteiger partial charge in [-0.15, -0.1) is 0 Å². The van der Waals surface area contributed by atoms with Crippen LogP contribution in [0.15, 0.2) is 30.3 Å². The van der Waals surface area contributed by atoms with Gasteiger partial charge in [-0.1, -0.05) is 49.6 Å². The molecule has 1 aliphatic carbocycles. The summed E-state index contributed by atoms with van der Waals surface area (Å²) in [5.41, 5.74) is 2.89. The van der Waals surface area contributed by atoms with E-state index in [1.807, 2.05) is 39.0 Å². The Labute approximate surface area is 193 Å². The molecule has 30 heavy (non-hydrogen) atoms. The number of benzene rings is 1. The van der Waals surface area contributed by atoms with Crippen LogP contribution in [-0.4, -0.2) is 34.6 Å². The molecule has 2 aromatic rings. The van der Waals surface area contributed by atoms with Gasteiger partial charge in [-0.25, -0.2) is 4.79 Å². The number of rotatable bonds is 7. The van der Waals surface area contributed by atoms with E-state index in [4.69, 9.17) is 14.6 Å². The minimum absolute atomic E-state index is 0.00388. The quantitative estimate of drug-likeness (QED) is 0.341. The van der Waals surface area contributed by atoms with E-state index in [2.05, 4.69) is 46.3 Å². The number of esters is 1. The van der Waals surface area contributed by atoms with Crippen LogP contribution in [0.1, 0.15) is 58.6 Å². The highest BCUT2D eigenvalue weighted by Crippen LogP contribution is 2.39. The average Bonchev–Trinajstić information content (AvgIpc) is 2.96. The van der Waals surface area contributed by atoms with E-state index in [-0.39, 0.29) is 18.0 Å². The first-order valence-corrected chi connectivity index (χ1v) is 11.8. The maximum atomic E-state index is 12.1. The van der Waals surface area contributed by atoms with Crippen molar-refractivity contribution in [1.29, 1.82) is 0 Å². The van der Waals surface area contributed by atoms with Crippen LogP contribution >= 0.6 is 22.6 Å². The molecule has 0 bridgehead atoms. The van der Waals surface area contributed by atoms with Gasteiger partial charge in [0.1, 0.15) is 17.9 Å². The second kappa shape index (κ2) is 9.81. The van der Waals surface area contributed by atoms with Gasteiger partial charge in [-0.2, -0.15) is 5.10 Å². The molecule has 0 saturated heterocycles. The molecular weight excluding hydrogens is 491 g/mol. The average molecular weight is 524 g/mol. The Morgan fingerprint density at radius 1 is 1.17 bits per heavy atom. The molecule has 0 spiro atoms. The van der Waals surface area contributed by atoms with Gasteiger partial charge in [-0.3, -0.25) is 4.68 Å². The van der Waals surface area contributed by atoms with E-state index in [0.717, 1.165) is 30.6 Å². The molecule has 1 saturated carbocycles. The molecule has 0 N–H and O–H groups in total. The topological polar surface area (TPSA) is 53.4 Å². The number of nitrogens with zero attached hydrogens (tertiary/aromatic N) is 2. The Hall–Kier alpha value is -1.41. The van der Waals surface area contributed by atoms with Crippen LogP contribution in [0, 0.1) is 15.9 Å². The van der Waals surface area contributed by atoms with E-state index in [1.165, 1.54) is 28.5 Å². The summed E-state index contributed by atoms with van der Waals surface area (Å²) in [6.07, 6.45) is 5.84. The summed E-state index contributed by atoms with van der Waals surface area (Å²) in [6, 6.07) is 10.3. The maximum absolute atomic E-state index is 12.1. The third-order valence-corrected chi connectivity index (χ3v) is 6.92. The van der Waals surface area contributed by atoms with Crippen molar-refractivity contribution >= 4 is 28.6 Å². The van der Waals surface area contributed by atoms with E-state index < -0.39 is 5.60 Å². The van der Waals surface area contributed by atoms with Gasteiger partial charge < -0.3 is 9.47 Å². The van der Waals surface area contributed by atoms with E-state index in [1.54, 1.807) is 0 Å². The summed E-state index contributed by atoms with van der Waals surface area (Å²) in [5, 5.41) is 4.97. The van der Waals surface area contributed by atoms with E-state index in [0.29, 0.717) is 6.61 Å². The monoisotopic (exact) mass is 524 g/mol. The van der Waals surface area contributed by atoms with Gasteiger partial charge in [0, 0.05) is 23.2 Å². The number of halogens is 1. The summed E-state index contributed by atoms with van der Waals surface area (Å²) in [7, 11) is 0. The first kappa shape index (κ1) is 23.3. The predicted octanol–water partition coefficient (Wildman–Crippen LogP) is 5.77. The Morgan fingerprint density at radius 2 is 1.83 bits per heavy atom. The first-order chi connectivity index (χ1) is 14.2. The normalized spacial score (nSPS) is 16.4. The zero-order valence-corrected chi connectivity index (χ0v) is 20.7. The zero-order chi connectivity index (χ0) is 21.8. The van der Waals surface area contributed by atoms with Crippen LogP contribution in [0.2, 0.25) is 0 Å². The second-order valence-corrected chi connectivity index (χ2v) is 10.5. The molecule has 1 aromatic carbocycles. The van der Waals surface area contributed by atoms with Crippen LogP contribution in [0.3, 0.4) is 0 Å². The Kier molecular flexibility index (Phi) is 7.61. The number of ether oxygens (including phenoxy) is 2. The summed E-state index contributed by atoms with van der Waals surface area (Å²) < 4.78 is 14.6. The van der Waals surface area contributed by atoms with Crippen molar-refractivity contribution in [2.75, 3.05) is 13.2 Å². The van der Waals surface area contributed by atoms with Crippen molar-refractivity contribution in [2.24, 2.45) is 5.41 Å². The molecular formula is C24H33IN2O3. The fourth-order valence-corrected chi connectivity index (χ4v) is 4.85. The zero-order valence-electron chi connectivity index (χ0n) is 18.5. The van der Waals surface area contributed by atoms with Crippen LogP contribution in [0.25, 0.3) is 11.3 Å². The van der Waals surface area contributed by atoms with Crippen LogP contribution in [0.5, 0.6) is 0 Å². The molecule has 6 heteroatoms. The lowest BCUT2D eigenvalue weighted by atomic mass is 9.74. The third-order valence-electron chi connectivity index (χ3n) is 5.63. The number of carbonyl (C=O) groups excluding carboxylic acids is 1. The molecule has 1 aromatic heterocycles. The van der Waals surface area contributed by atoms with Crippen molar-refractivity contribution in [3.63, 3.8) is 0 Å². The summed E-state index contributed by atoms with van der Waals surface area (Å²) >= 11 is 2.40. The lowest BCUT2D eigenvalue weighted by Gasteiger charge is -2.37. The minimum atomic E-state index is -0.486. The molecule has 1 heterocycles. The van der Waals surface area contributed by atoms with Gasteiger partial charge in [0.05, 0.1) is 10.2 Å². The van der Waals surface area contributed by atoms with E-state index >= 15 is 0 Å². The lowest BCUT2D eigenvalue weighted by Crippen LogP contribution is -2.36. The number of aromatic nitrogens is 2. The number of carbonyl (C=O) groups is 1. The molecule has 0 atom stereocenters. The van der Waals surface area contributed by atoms with Crippen LogP contribution in [0.4, 0.5) is 0 Å². The summed E-state index contributed by atoms with van der Waals surface area (Å²) in [5.74, 6) is -0.301. The number of hydrogen-bond acceptors (Lipinski definition) is 4. The van der Waals surface area contributed by atoms with Crippen molar-refractivity contribution < 1.29 is 14.3 Å². The van der Waals surface area contributed by atoms with Gasteiger partial charge in [-0.05, 0) is 63.1 Å². The molecule has 0 aliphatic heterocycles. The van der Waals surface area contributed by atoms with Crippen LogP contribution in [-0.2, 0) is 20.8 Å². The molecule has 1 fully saturated rings. The smallest absolute Gasteiger partial charge is 0.332 e. The summed E-state index contributed by atoms with van der Waals surface area (Å²) in [4.78, 5) is 12.1. The molecule has 164 valence electrons. The molecule has 0 amide bonds. The summed E-state index contributed by atoms with van der Waals surface area (Å²) in [6.45, 7) is 9.14. The molecule has 1 aliphatic rings. The Balaban J connectivity index is 1.73. The standard InChI is InChI=1S/C24H33IN2O3/c1-18-21(25)22(19-11-7-5-8-12-19)26-27(18)16-24(13-9-6-10-14-24)17-29-15-20(28)30-23(2,3)4/h5,7-8,11-12H,6,9-10,13-17H2,1-4H3. The number of hydrogen-bond donors (Lipinski definition) is 0. The SMILES string of the molecule is Cc1c(I)c(-c2ccccc2)nn1CC1(COCC(=O)OC(C)(C)C)CCCCC1. The Bertz CT molecular complexity index is 849. The largest absolute Gasteiger partial charge is 0.458 e. The third kappa shape index (κ3) is 6.06. The Morgan fingerprint density at radius 3 is 2.47 bits per heavy atom. The minimum Gasteiger partial charge on any atom is -0.458 e. The van der Waals surface area contributed by atoms with Gasteiger partial charge in [0.2, 0.25) is 0 Å². The molecule has 5 nitrogen and oxygen atoms in total. The predicted molar refractivity (Wildman–Crippen MR) is 127 cm³/mol. The second-order valence-electron chi connectivity index (χ2n) is 9.41. The van der Waals surface area contributed by atoms with Crippen molar-refractivity contribution in [1.82, 2.24) is 9.78 Å². The van der Waals surface area contributed by atoms with Crippen molar-refractivity contribution in [3.05, 3.63) is 39.6 Å². The maximum Gasteiger partial charge on any atom is 0.332 e. The highest BCUT2D eigenvalue weighted by molar-refractivity contribution is 14.1. The molecule has 0 radical (unpaired) electrons. The van der Waals surface area contributed by atoms with Gasteiger partial charge in [0.15, 0.2) is 0 Å².